The Kier molecular flexibility index (Phi) is 5.35. The van der Waals surface area contributed by atoms with Gasteiger partial charge >= 0.3 is 12.1 Å². The molecule has 0 saturated carbocycles. The van der Waals surface area contributed by atoms with Crippen LogP contribution in [-0.4, -0.2) is 35.4 Å². The number of nitrogens with one attached hydrogen (secondary N) is 1. The fourth-order valence-electron chi connectivity index (χ4n) is 1.79. The fourth-order valence-corrected chi connectivity index (χ4v) is 1.79. The maximum atomic E-state index is 14.1. The van der Waals surface area contributed by atoms with Gasteiger partial charge < -0.3 is 14.7 Å². The van der Waals surface area contributed by atoms with Gasteiger partial charge in [0.1, 0.15) is 12.9 Å². The third-order valence-electron chi connectivity index (χ3n) is 2.89. The number of hydrogen-bond acceptors (Lipinski definition) is 6. The van der Waals surface area contributed by atoms with E-state index in [9.17, 15) is 22.4 Å². The van der Waals surface area contributed by atoms with Crippen molar-refractivity contribution in [2.24, 2.45) is 5.16 Å². The van der Waals surface area contributed by atoms with Crippen LogP contribution < -0.4 is 5.32 Å². The molecule has 25 heavy (non-hydrogen) atoms. The summed E-state index contributed by atoms with van der Waals surface area (Å²) in [7, 11) is 1.34. The molecule has 0 atom stereocenters. The van der Waals surface area contributed by atoms with Gasteiger partial charge in [-0.25, -0.2) is 4.39 Å². The molecule has 0 radical (unpaired) electrons. The first-order chi connectivity index (χ1) is 11.7. The summed E-state index contributed by atoms with van der Waals surface area (Å²) in [6, 6.07) is 3.15. The Bertz CT molecular complexity index is 802. The van der Waals surface area contributed by atoms with Gasteiger partial charge in [-0.1, -0.05) is 16.4 Å². The number of amides is 1. The van der Waals surface area contributed by atoms with Gasteiger partial charge in [0, 0.05) is 5.56 Å². The Labute approximate surface area is 138 Å². The number of carbonyl (C=O) groups is 1. The van der Waals surface area contributed by atoms with Crippen molar-refractivity contribution in [2.75, 3.05) is 13.7 Å². The van der Waals surface area contributed by atoms with E-state index in [1.807, 2.05) is 0 Å². The van der Waals surface area contributed by atoms with Gasteiger partial charge in [-0.2, -0.15) is 18.2 Å². The van der Waals surface area contributed by atoms with Crippen molar-refractivity contribution in [1.82, 2.24) is 15.5 Å². The van der Waals surface area contributed by atoms with Crippen LogP contribution in [0.15, 0.2) is 27.9 Å². The highest BCUT2D eigenvalue weighted by molar-refractivity contribution is 5.97. The maximum absolute atomic E-state index is 14.1. The molecule has 0 spiro atoms. The molecule has 2 rings (SSSR count). The average molecular weight is 360 g/mol. The molecule has 1 aromatic carbocycles. The number of alkyl halides is 3. The predicted octanol–water partition coefficient (Wildman–Crippen LogP) is 2.65. The van der Waals surface area contributed by atoms with Crippen molar-refractivity contribution in [2.45, 2.75) is 13.1 Å². The minimum Gasteiger partial charge on any atom is -0.399 e. The summed E-state index contributed by atoms with van der Waals surface area (Å²) in [6.45, 7) is 1.63. The lowest BCUT2D eigenvalue weighted by atomic mass is 10.1. The number of aromatic nitrogens is 2. The number of oxime groups is 1. The molecule has 0 unspecified atom stereocenters. The van der Waals surface area contributed by atoms with Gasteiger partial charge in [0.15, 0.2) is 0 Å². The molecule has 11 heteroatoms. The Morgan fingerprint density at radius 1 is 1.40 bits per heavy atom. The topological polar surface area (TPSA) is 89.6 Å². The standard InChI is InChI=1S/C14H12F4N4O3/c1-7(21-24-2)6-19-12(23)9-4-3-8(5-10(9)15)11-20-13(25-22-11)14(16,17)18/h3-5H,6H2,1-2H3,(H,19,23). The van der Waals surface area contributed by atoms with E-state index in [1.165, 1.54) is 13.2 Å². The molecule has 1 N–H and O–H groups in total. The first-order valence-electron chi connectivity index (χ1n) is 6.78. The second kappa shape index (κ2) is 7.28. The first-order valence-corrected chi connectivity index (χ1v) is 6.78. The molecule has 0 fully saturated rings. The summed E-state index contributed by atoms with van der Waals surface area (Å²) in [5, 5.41) is 9.14. The van der Waals surface area contributed by atoms with E-state index in [-0.39, 0.29) is 17.7 Å². The van der Waals surface area contributed by atoms with Gasteiger partial charge in [-0.15, -0.1) is 0 Å². The third-order valence-corrected chi connectivity index (χ3v) is 2.89. The normalized spacial score (nSPS) is 12.2. The second-order valence-electron chi connectivity index (χ2n) is 4.81. The van der Waals surface area contributed by atoms with Crippen LogP contribution in [0, 0.1) is 5.82 Å². The highest BCUT2D eigenvalue weighted by Crippen LogP contribution is 2.29. The number of halogens is 4. The van der Waals surface area contributed by atoms with Crippen molar-refractivity contribution < 1.29 is 31.7 Å². The third kappa shape index (κ3) is 4.52. The van der Waals surface area contributed by atoms with E-state index in [1.54, 1.807) is 6.92 Å². The van der Waals surface area contributed by atoms with E-state index in [2.05, 4.69) is 30.0 Å². The Hall–Kier alpha value is -2.98. The zero-order chi connectivity index (χ0) is 18.6. The Morgan fingerprint density at radius 3 is 2.68 bits per heavy atom. The largest absolute Gasteiger partial charge is 0.471 e. The summed E-state index contributed by atoms with van der Waals surface area (Å²) < 4.78 is 55.4. The van der Waals surface area contributed by atoms with Gasteiger partial charge in [0.2, 0.25) is 5.82 Å². The van der Waals surface area contributed by atoms with Crippen LogP contribution in [0.25, 0.3) is 11.4 Å². The van der Waals surface area contributed by atoms with Crippen LogP contribution in [0.1, 0.15) is 23.2 Å². The molecule has 2 aromatic rings. The fraction of sp³-hybridized carbons (Fsp3) is 0.286. The molecule has 1 aromatic heterocycles. The number of benzene rings is 1. The van der Waals surface area contributed by atoms with Crippen molar-refractivity contribution in [3.63, 3.8) is 0 Å². The summed E-state index contributed by atoms with van der Waals surface area (Å²) in [5.41, 5.74) is 0.0956. The number of rotatable bonds is 5. The monoisotopic (exact) mass is 360 g/mol. The van der Waals surface area contributed by atoms with Gasteiger partial charge in [0.05, 0.1) is 17.8 Å². The zero-order valence-corrected chi connectivity index (χ0v) is 13.0. The quantitative estimate of drug-likeness (QED) is 0.503. The van der Waals surface area contributed by atoms with Gasteiger partial charge in [-0.05, 0) is 19.1 Å². The molecule has 1 amide bonds. The molecule has 0 aliphatic heterocycles. The van der Waals surface area contributed by atoms with Crippen molar-refractivity contribution in [3.05, 3.63) is 35.5 Å². The van der Waals surface area contributed by atoms with Crippen LogP contribution in [0.4, 0.5) is 17.6 Å². The summed E-state index contributed by atoms with van der Waals surface area (Å²) in [5.74, 6) is -3.66. The summed E-state index contributed by atoms with van der Waals surface area (Å²) in [4.78, 5) is 19.6. The lowest BCUT2D eigenvalue weighted by Crippen LogP contribution is -2.29. The van der Waals surface area contributed by atoms with E-state index < -0.39 is 29.6 Å². The minimum absolute atomic E-state index is 0.0354. The van der Waals surface area contributed by atoms with Crippen molar-refractivity contribution >= 4 is 11.6 Å². The average Bonchev–Trinajstić information content (AvgIpc) is 3.03. The summed E-state index contributed by atoms with van der Waals surface area (Å²) >= 11 is 0. The smallest absolute Gasteiger partial charge is 0.399 e. The molecular weight excluding hydrogens is 348 g/mol. The Balaban J connectivity index is 2.16. The SMILES string of the molecule is CON=C(C)CNC(=O)c1ccc(-c2noc(C(F)(F)F)n2)cc1F. The zero-order valence-electron chi connectivity index (χ0n) is 13.0. The lowest BCUT2D eigenvalue weighted by molar-refractivity contribution is -0.159. The van der Waals surface area contributed by atoms with Crippen LogP contribution >= 0.6 is 0 Å². The molecular formula is C14H12F4N4O3. The minimum atomic E-state index is -4.80. The number of nitrogens with zero attached hydrogens (tertiary/aromatic N) is 3. The van der Waals surface area contributed by atoms with Crippen LogP contribution in [0.2, 0.25) is 0 Å². The van der Waals surface area contributed by atoms with Crippen molar-refractivity contribution in [3.8, 4) is 11.4 Å². The molecule has 0 saturated heterocycles. The molecule has 0 aliphatic rings. The predicted molar refractivity (Wildman–Crippen MR) is 77.1 cm³/mol. The van der Waals surface area contributed by atoms with Gasteiger partial charge in [0.25, 0.3) is 5.91 Å². The Morgan fingerprint density at radius 2 is 2.12 bits per heavy atom. The highest BCUT2D eigenvalue weighted by atomic mass is 19.4. The maximum Gasteiger partial charge on any atom is 0.471 e. The molecule has 1 heterocycles. The second-order valence-corrected chi connectivity index (χ2v) is 4.81. The molecule has 134 valence electrons. The van der Waals surface area contributed by atoms with Crippen molar-refractivity contribution in [1.29, 1.82) is 0 Å². The molecule has 0 bridgehead atoms. The van der Waals surface area contributed by atoms with E-state index >= 15 is 0 Å². The first kappa shape index (κ1) is 18.4. The lowest BCUT2D eigenvalue weighted by Gasteiger charge is -2.06. The highest BCUT2D eigenvalue weighted by Gasteiger charge is 2.38. The molecule has 0 aliphatic carbocycles. The van der Waals surface area contributed by atoms with E-state index in [0.29, 0.717) is 5.71 Å². The van der Waals surface area contributed by atoms with E-state index in [0.717, 1.165) is 12.1 Å². The summed E-state index contributed by atoms with van der Waals surface area (Å²) in [6.07, 6.45) is -4.80. The van der Waals surface area contributed by atoms with Crippen LogP contribution in [0.3, 0.4) is 0 Å². The van der Waals surface area contributed by atoms with E-state index in [4.69, 9.17) is 0 Å². The number of carbonyl (C=O) groups excluding carboxylic acids is 1. The van der Waals surface area contributed by atoms with Gasteiger partial charge in [-0.3, -0.25) is 4.79 Å². The van der Waals surface area contributed by atoms with Crippen LogP contribution in [-0.2, 0) is 11.0 Å². The number of hydrogen-bond donors (Lipinski definition) is 1. The molecule has 7 nitrogen and oxygen atoms in total. The van der Waals surface area contributed by atoms with Crippen LogP contribution in [0.5, 0.6) is 0 Å².